The number of nitrogens with one attached hydrogen (secondary N) is 1. The molecule has 1 saturated heterocycles. The lowest BCUT2D eigenvalue weighted by Gasteiger charge is -2.18. The number of carbonyl (C=O) groups is 1. The molecule has 2 fully saturated rings. The number of amides is 1. The second-order valence-electron chi connectivity index (χ2n) is 9.87. The van der Waals surface area contributed by atoms with E-state index in [1.54, 1.807) is 12.3 Å². The molecule has 1 N–H and O–H groups in total. The van der Waals surface area contributed by atoms with Gasteiger partial charge in [-0.25, -0.2) is 13.8 Å². The van der Waals surface area contributed by atoms with Gasteiger partial charge in [0.2, 0.25) is 5.91 Å². The fourth-order valence-electron chi connectivity index (χ4n) is 4.48. The fraction of sp³-hybridized carbons (Fsp3) is 0.519. The molecule has 1 aromatic carbocycles. The largest absolute Gasteiger partial charge is 0.491 e. The van der Waals surface area contributed by atoms with Crippen molar-refractivity contribution in [1.29, 1.82) is 5.26 Å². The molecule has 4 rings (SSSR count). The molecule has 35 heavy (non-hydrogen) atoms. The Hall–Kier alpha value is -3.21. The minimum Gasteiger partial charge on any atom is -0.491 e. The Bertz CT molecular complexity index is 1050. The fourth-order valence-corrected chi connectivity index (χ4v) is 4.48. The number of pyridine rings is 1. The van der Waals surface area contributed by atoms with Crippen LogP contribution in [-0.4, -0.2) is 42.6 Å². The summed E-state index contributed by atoms with van der Waals surface area (Å²) in [5, 5.41) is 11.6. The van der Waals surface area contributed by atoms with Crippen molar-refractivity contribution in [3.63, 3.8) is 0 Å². The monoisotopic (exact) mass is 482 g/mol. The third kappa shape index (κ3) is 6.47. The van der Waals surface area contributed by atoms with Crippen molar-refractivity contribution in [2.75, 3.05) is 24.6 Å². The van der Waals surface area contributed by atoms with E-state index in [-0.39, 0.29) is 30.9 Å². The molecule has 4 atom stereocenters. The summed E-state index contributed by atoms with van der Waals surface area (Å²) in [5.74, 6) is -1.68. The van der Waals surface area contributed by atoms with Crippen LogP contribution in [0.15, 0.2) is 42.6 Å². The van der Waals surface area contributed by atoms with Crippen molar-refractivity contribution in [2.45, 2.75) is 57.4 Å². The quantitative estimate of drug-likeness (QED) is 0.531. The Labute approximate surface area is 205 Å². The van der Waals surface area contributed by atoms with Crippen LogP contribution in [0.5, 0.6) is 5.75 Å². The van der Waals surface area contributed by atoms with Gasteiger partial charge in [0, 0.05) is 25.6 Å². The third-order valence-electron chi connectivity index (χ3n) is 6.92. The van der Waals surface area contributed by atoms with E-state index in [4.69, 9.17) is 10.00 Å². The third-order valence-corrected chi connectivity index (χ3v) is 6.92. The van der Waals surface area contributed by atoms with Crippen LogP contribution in [0.25, 0.3) is 0 Å². The topological polar surface area (TPSA) is 78.2 Å². The zero-order valence-electron chi connectivity index (χ0n) is 20.2. The van der Waals surface area contributed by atoms with Gasteiger partial charge in [-0.1, -0.05) is 24.3 Å². The van der Waals surface area contributed by atoms with E-state index in [0.29, 0.717) is 18.1 Å². The van der Waals surface area contributed by atoms with E-state index < -0.39 is 11.8 Å². The molecule has 2 aromatic rings. The first-order valence-electron chi connectivity index (χ1n) is 12.2. The van der Waals surface area contributed by atoms with Crippen molar-refractivity contribution in [3.8, 4) is 11.8 Å². The lowest BCUT2D eigenvalue weighted by Crippen LogP contribution is -2.35. The molecular weight excluding hydrogens is 450 g/mol. The average Bonchev–Trinajstić information content (AvgIpc) is 3.21. The summed E-state index contributed by atoms with van der Waals surface area (Å²) in [6.07, 6.45) is 3.83. The summed E-state index contributed by atoms with van der Waals surface area (Å²) < 4.78 is 31.4. The normalized spacial score (nSPS) is 22.2. The number of carbonyl (C=O) groups excluding carboxylic acids is 1. The lowest BCUT2D eigenvalue weighted by molar-refractivity contribution is -0.122. The number of hydrogen-bond acceptors (Lipinski definition) is 5. The molecule has 4 unspecified atom stereocenters. The summed E-state index contributed by atoms with van der Waals surface area (Å²) in [7, 11) is 0. The van der Waals surface area contributed by atoms with E-state index >= 15 is 0 Å². The zero-order chi connectivity index (χ0) is 25.0. The van der Waals surface area contributed by atoms with E-state index in [0.717, 1.165) is 37.3 Å². The Balaban J connectivity index is 1.24. The Morgan fingerprint density at radius 3 is 2.66 bits per heavy atom. The molecular formula is C27H32F2N4O2. The van der Waals surface area contributed by atoms with Crippen LogP contribution in [-0.2, 0) is 11.2 Å². The van der Waals surface area contributed by atoms with Crippen LogP contribution >= 0.6 is 0 Å². The maximum Gasteiger partial charge on any atom is 0.255 e. The number of benzene rings is 1. The van der Waals surface area contributed by atoms with Gasteiger partial charge >= 0.3 is 0 Å². The molecule has 1 aliphatic heterocycles. The predicted octanol–water partition coefficient (Wildman–Crippen LogP) is 4.71. The first kappa shape index (κ1) is 24.9. The number of alkyl halides is 2. The van der Waals surface area contributed by atoms with Crippen LogP contribution in [0.3, 0.4) is 0 Å². The average molecular weight is 483 g/mol. The summed E-state index contributed by atoms with van der Waals surface area (Å²) >= 11 is 0. The molecule has 0 bridgehead atoms. The SMILES string of the molecule is CC(CC#N)NC(=O)C(C)c1ccc(CC2CCN(c3ccc(OCC4CC4(F)F)cn3)C2)cc1. The Morgan fingerprint density at radius 1 is 1.29 bits per heavy atom. The van der Waals surface area contributed by atoms with Crippen LogP contribution in [0, 0.1) is 23.2 Å². The first-order valence-corrected chi connectivity index (χ1v) is 12.2. The van der Waals surface area contributed by atoms with Crippen LogP contribution in [0.4, 0.5) is 14.6 Å². The van der Waals surface area contributed by atoms with Gasteiger partial charge in [0.05, 0.1) is 37.1 Å². The molecule has 2 aliphatic rings. The van der Waals surface area contributed by atoms with Gasteiger partial charge in [-0.3, -0.25) is 4.79 Å². The Kier molecular flexibility index (Phi) is 7.54. The van der Waals surface area contributed by atoms with Crippen LogP contribution in [0.2, 0.25) is 0 Å². The number of hydrogen-bond donors (Lipinski definition) is 1. The minimum absolute atomic E-state index is 0.0301. The van der Waals surface area contributed by atoms with Crippen molar-refractivity contribution >= 4 is 11.7 Å². The van der Waals surface area contributed by atoms with Crippen LogP contribution < -0.4 is 15.0 Å². The van der Waals surface area contributed by atoms with Gasteiger partial charge in [0.25, 0.3) is 5.92 Å². The molecule has 8 heteroatoms. The summed E-state index contributed by atoms with van der Waals surface area (Å²) in [6.45, 7) is 5.56. The number of anilines is 1. The van der Waals surface area contributed by atoms with Gasteiger partial charge in [0.1, 0.15) is 11.6 Å². The molecule has 1 aromatic heterocycles. The molecule has 0 radical (unpaired) electrons. The second-order valence-corrected chi connectivity index (χ2v) is 9.87. The standard InChI is InChI=1S/C27H32F2N4O2/c1-18(9-11-30)32-26(34)19(2)22-5-3-20(4-6-22)13-21-10-12-33(16-21)25-8-7-24(15-31-25)35-17-23-14-27(23,28)29/h3-8,15,18-19,21,23H,9-10,12-14,16-17H2,1-2H3,(H,32,34). The lowest BCUT2D eigenvalue weighted by atomic mass is 9.94. The van der Waals surface area contributed by atoms with Crippen LogP contribution in [0.1, 0.15) is 50.2 Å². The number of ether oxygens (including phenoxy) is 1. The highest BCUT2D eigenvalue weighted by molar-refractivity contribution is 5.83. The summed E-state index contributed by atoms with van der Waals surface area (Å²) in [6, 6.07) is 13.8. The minimum atomic E-state index is -2.57. The maximum absolute atomic E-state index is 13.0. The van der Waals surface area contributed by atoms with Crippen molar-refractivity contribution in [1.82, 2.24) is 10.3 Å². The highest BCUT2D eigenvalue weighted by atomic mass is 19.3. The van der Waals surface area contributed by atoms with E-state index in [1.165, 1.54) is 5.56 Å². The second kappa shape index (κ2) is 10.6. The molecule has 2 heterocycles. The first-order chi connectivity index (χ1) is 16.7. The van der Waals surface area contributed by atoms with Gasteiger partial charge in [-0.15, -0.1) is 0 Å². The maximum atomic E-state index is 13.0. The summed E-state index contributed by atoms with van der Waals surface area (Å²) in [5.41, 5.74) is 2.19. The molecule has 186 valence electrons. The van der Waals surface area contributed by atoms with E-state index in [2.05, 4.69) is 33.4 Å². The summed E-state index contributed by atoms with van der Waals surface area (Å²) in [4.78, 5) is 19.1. The Morgan fingerprint density at radius 2 is 2.03 bits per heavy atom. The van der Waals surface area contributed by atoms with Gasteiger partial charge in [-0.2, -0.15) is 5.26 Å². The molecule has 1 saturated carbocycles. The highest BCUT2D eigenvalue weighted by Crippen LogP contribution is 2.48. The zero-order valence-corrected chi connectivity index (χ0v) is 20.2. The number of halogens is 2. The van der Waals surface area contributed by atoms with Crippen molar-refractivity contribution < 1.29 is 18.3 Å². The van der Waals surface area contributed by atoms with Gasteiger partial charge in [-0.05, 0) is 55.9 Å². The van der Waals surface area contributed by atoms with Crippen molar-refractivity contribution in [2.24, 2.45) is 11.8 Å². The van der Waals surface area contributed by atoms with E-state index in [9.17, 15) is 13.6 Å². The molecule has 1 aliphatic carbocycles. The molecule has 6 nitrogen and oxygen atoms in total. The van der Waals surface area contributed by atoms with Gasteiger partial charge in [0.15, 0.2) is 0 Å². The molecule has 0 spiro atoms. The molecule has 1 amide bonds. The number of aromatic nitrogens is 1. The van der Waals surface area contributed by atoms with E-state index in [1.807, 2.05) is 32.0 Å². The number of rotatable bonds is 10. The van der Waals surface area contributed by atoms with Gasteiger partial charge < -0.3 is 15.0 Å². The highest BCUT2D eigenvalue weighted by Gasteiger charge is 2.57. The van der Waals surface area contributed by atoms with Crippen molar-refractivity contribution in [3.05, 3.63) is 53.7 Å². The number of nitriles is 1. The predicted molar refractivity (Wildman–Crippen MR) is 130 cm³/mol. The smallest absolute Gasteiger partial charge is 0.255 e. The number of nitrogens with zero attached hydrogens (tertiary/aromatic N) is 3.